The first-order valence-electron chi connectivity index (χ1n) is 9.47. The number of aliphatic hydroxyl groups excluding tert-OH is 1. The summed E-state index contributed by atoms with van der Waals surface area (Å²) in [5.74, 6) is -1.97. The highest BCUT2D eigenvalue weighted by Gasteiger charge is 2.47. The van der Waals surface area contributed by atoms with Crippen molar-refractivity contribution in [1.82, 2.24) is 0 Å². The Hall–Kier alpha value is -2.50. The van der Waals surface area contributed by atoms with E-state index in [0.29, 0.717) is 21.3 Å². The van der Waals surface area contributed by atoms with Crippen LogP contribution in [0.2, 0.25) is 20.1 Å². The maximum Gasteiger partial charge on any atom is 0.300 e. The summed E-state index contributed by atoms with van der Waals surface area (Å²) in [5.41, 5.74) is 2.16. The first-order valence-corrected chi connectivity index (χ1v) is 11.0. The minimum atomic E-state index is -0.887. The first kappa shape index (κ1) is 22.7. The standard InChI is InChI=1S/C24H15Cl4NO3/c1-12-3-2-4-13(9-12)21-20(22(30)14-5-7-16(25)18(27)10-14)23(31)24(32)29(21)15-6-8-17(26)19(28)11-15/h2-11,21,30H,1H3/b22-20+. The molecule has 1 atom stereocenters. The van der Waals surface area contributed by atoms with Crippen LogP contribution in [0.15, 0.2) is 66.2 Å². The van der Waals surface area contributed by atoms with E-state index in [4.69, 9.17) is 46.4 Å². The number of hydrogen-bond acceptors (Lipinski definition) is 3. The van der Waals surface area contributed by atoms with Crippen LogP contribution < -0.4 is 4.90 Å². The Labute approximate surface area is 204 Å². The predicted octanol–water partition coefficient (Wildman–Crippen LogP) is 7.23. The maximum atomic E-state index is 13.1. The van der Waals surface area contributed by atoms with Gasteiger partial charge in [-0.15, -0.1) is 0 Å². The zero-order valence-corrected chi connectivity index (χ0v) is 19.6. The number of nitrogens with zero attached hydrogens (tertiary/aromatic N) is 1. The monoisotopic (exact) mass is 505 g/mol. The topological polar surface area (TPSA) is 57.6 Å². The van der Waals surface area contributed by atoms with E-state index in [1.54, 1.807) is 18.2 Å². The van der Waals surface area contributed by atoms with Gasteiger partial charge in [0.1, 0.15) is 5.76 Å². The lowest BCUT2D eigenvalue weighted by Crippen LogP contribution is -2.29. The molecule has 0 aromatic heterocycles. The number of rotatable bonds is 3. The summed E-state index contributed by atoms with van der Waals surface area (Å²) in [4.78, 5) is 27.6. The van der Waals surface area contributed by atoms with Crippen LogP contribution in [-0.4, -0.2) is 16.8 Å². The van der Waals surface area contributed by atoms with E-state index in [2.05, 4.69) is 0 Å². The normalized spacial score (nSPS) is 17.8. The van der Waals surface area contributed by atoms with Gasteiger partial charge in [0.2, 0.25) is 0 Å². The fourth-order valence-electron chi connectivity index (χ4n) is 3.69. The number of amides is 1. The predicted molar refractivity (Wildman–Crippen MR) is 129 cm³/mol. The summed E-state index contributed by atoms with van der Waals surface area (Å²) in [7, 11) is 0. The zero-order valence-electron chi connectivity index (χ0n) is 16.6. The van der Waals surface area contributed by atoms with Crippen LogP contribution in [0.25, 0.3) is 5.76 Å². The van der Waals surface area contributed by atoms with Crippen molar-refractivity contribution >= 4 is 69.5 Å². The lowest BCUT2D eigenvalue weighted by atomic mass is 9.94. The molecule has 162 valence electrons. The van der Waals surface area contributed by atoms with E-state index in [1.165, 1.54) is 29.2 Å². The Morgan fingerprint density at radius 2 is 1.50 bits per heavy atom. The van der Waals surface area contributed by atoms with Gasteiger partial charge in [-0.05, 0) is 48.9 Å². The lowest BCUT2D eigenvalue weighted by Gasteiger charge is -2.26. The largest absolute Gasteiger partial charge is 0.507 e. The molecular formula is C24H15Cl4NO3. The fraction of sp³-hybridized carbons (Fsp3) is 0.0833. The van der Waals surface area contributed by atoms with Crippen molar-refractivity contribution in [2.24, 2.45) is 0 Å². The molecule has 4 rings (SSSR count). The molecule has 1 fully saturated rings. The number of halogens is 4. The van der Waals surface area contributed by atoms with E-state index in [-0.39, 0.29) is 26.9 Å². The molecular weight excluding hydrogens is 492 g/mol. The number of anilines is 1. The van der Waals surface area contributed by atoms with Gasteiger partial charge < -0.3 is 5.11 Å². The lowest BCUT2D eigenvalue weighted by molar-refractivity contribution is -0.132. The van der Waals surface area contributed by atoms with Crippen LogP contribution in [0.3, 0.4) is 0 Å². The van der Waals surface area contributed by atoms with Gasteiger partial charge in [0.25, 0.3) is 11.7 Å². The molecule has 1 aliphatic heterocycles. The van der Waals surface area contributed by atoms with Gasteiger partial charge in [-0.1, -0.05) is 76.2 Å². The molecule has 1 unspecified atom stereocenters. The van der Waals surface area contributed by atoms with Crippen molar-refractivity contribution in [2.45, 2.75) is 13.0 Å². The first-order chi connectivity index (χ1) is 15.2. The van der Waals surface area contributed by atoms with Gasteiger partial charge in [0.15, 0.2) is 0 Å². The summed E-state index contributed by atoms with van der Waals surface area (Å²) in [6.07, 6.45) is 0. The van der Waals surface area contributed by atoms with Crippen molar-refractivity contribution in [3.05, 3.63) is 103 Å². The molecule has 8 heteroatoms. The van der Waals surface area contributed by atoms with Gasteiger partial charge in [0, 0.05) is 11.3 Å². The number of hydrogen-bond donors (Lipinski definition) is 1. The molecule has 1 amide bonds. The molecule has 4 nitrogen and oxygen atoms in total. The Kier molecular flexibility index (Phi) is 6.24. The Morgan fingerprint density at radius 1 is 0.844 bits per heavy atom. The third-order valence-electron chi connectivity index (χ3n) is 5.18. The van der Waals surface area contributed by atoms with Crippen LogP contribution in [0.1, 0.15) is 22.7 Å². The Bertz CT molecular complexity index is 1300. The zero-order chi connectivity index (χ0) is 23.2. The molecule has 3 aromatic carbocycles. The number of aryl methyl sites for hydroxylation is 1. The fourth-order valence-corrected chi connectivity index (χ4v) is 4.28. The average Bonchev–Trinajstić information content (AvgIpc) is 3.02. The van der Waals surface area contributed by atoms with Gasteiger partial charge in [-0.2, -0.15) is 0 Å². The van der Waals surface area contributed by atoms with E-state index in [0.717, 1.165) is 5.56 Å². The van der Waals surface area contributed by atoms with Crippen molar-refractivity contribution < 1.29 is 14.7 Å². The SMILES string of the molecule is Cc1cccc(C2/C(=C(\O)c3ccc(Cl)c(Cl)c3)C(=O)C(=O)N2c2ccc(Cl)c(Cl)c2)c1. The number of ketones is 1. The molecule has 3 aromatic rings. The highest BCUT2D eigenvalue weighted by atomic mass is 35.5. The second-order valence-corrected chi connectivity index (χ2v) is 8.94. The molecule has 1 heterocycles. The molecule has 0 bridgehead atoms. The van der Waals surface area contributed by atoms with E-state index in [9.17, 15) is 14.7 Å². The van der Waals surface area contributed by atoms with Crippen LogP contribution in [0.5, 0.6) is 0 Å². The minimum absolute atomic E-state index is 0.0648. The van der Waals surface area contributed by atoms with Crippen molar-refractivity contribution in [3.63, 3.8) is 0 Å². The van der Waals surface area contributed by atoms with Gasteiger partial charge in [-0.25, -0.2) is 0 Å². The number of carbonyl (C=O) groups excluding carboxylic acids is 2. The summed E-state index contributed by atoms with van der Waals surface area (Å²) in [6.45, 7) is 1.90. The number of aliphatic hydroxyl groups is 1. The molecule has 1 aliphatic rings. The molecule has 0 spiro atoms. The third-order valence-corrected chi connectivity index (χ3v) is 6.65. The summed E-state index contributed by atoms with van der Waals surface area (Å²) < 4.78 is 0. The van der Waals surface area contributed by atoms with Crippen molar-refractivity contribution in [1.29, 1.82) is 0 Å². The second-order valence-electron chi connectivity index (χ2n) is 7.31. The average molecular weight is 507 g/mol. The van der Waals surface area contributed by atoms with Gasteiger partial charge in [0.05, 0.1) is 31.7 Å². The van der Waals surface area contributed by atoms with Gasteiger partial charge >= 0.3 is 0 Å². The second kappa shape index (κ2) is 8.80. The molecule has 32 heavy (non-hydrogen) atoms. The van der Waals surface area contributed by atoms with E-state index in [1.807, 2.05) is 25.1 Å². The molecule has 0 saturated carbocycles. The summed E-state index contributed by atoms with van der Waals surface area (Å²) >= 11 is 24.3. The van der Waals surface area contributed by atoms with E-state index >= 15 is 0 Å². The van der Waals surface area contributed by atoms with E-state index < -0.39 is 17.7 Å². The molecule has 1 N–H and O–H groups in total. The molecule has 1 saturated heterocycles. The highest BCUT2D eigenvalue weighted by Crippen LogP contribution is 2.43. The quantitative estimate of drug-likeness (QED) is 0.231. The Balaban J connectivity index is 1.97. The minimum Gasteiger partial charge on any atom is -0.507 e. The molecule has 0 aliphatic carbocycles. The molecule has 0 radical (unpaired) electrons. The number of carbonyl (C=O) groups is 2. The highest BCUT2D eigenvalue weighted by molar-refractivity contribution is 6.52. The summed E-state index contributed by atoms with van der Waals surface area (Å²) in [6, 6.07) is 15.6. The van der Waals surface area contributed by atoms with Crippen LogP contribution in [-0.2, 0) is 9.59 Å². The van der Waals surface area contributed by atoms with Crippen LogP contribution in [0.4, 0.5) is 5.69 Å². The van der Waals surface area contributed by atoms with Crippen molar-refractivity contribution in [3.8, 4) is 0 Å². The van der Waals surface area contributed by atoms with Crippen molar-refractivity contribution in [2.75, 3.05) is 4.90 Å². The summed E-state index contributed by atoms with van der Waals surface area (Å²) in [5, 5.41) is 12.2. The number of Topliss-reactive ketones (excluding diaryl/α,β-unsaturated/α-hetero) is 1. The maximum absolute atomic E-state index is 13.1. The number of benzene rings is 3. The van der Waals surface area contributed by atoms with Crippen LogP contribution >= 0.6 is 46.4 Å². The Morgan fingerprint density at radius 3 is 2.12 bits per heavy atom. The van der Waals surface area contributed by atoms with Gasteiger partial charge in [-0.3, -0.25) is 14.5 Å². The smallest absolute Gasteiger partial charge is 0.300 e. The van der Waals surface area contributed by atoms with Crippen LogP contribution in [0, 0.1) is 6.92 Å². The third kappa shape index (κ3) is 4.00.